The molecule has 3 fully saturated rings. The molecule has 37 heavy (non-hydrogen) atoms. The number of carbonyl (C=O) groups excluding carboxylic acids is 1. The number of benzene rings is 2. The second kappa shape index (κ2) is 8.99. The van der Waals surface area contributed by atoms with Gasteiger partial charge in [0.25, 0.3) is 5.91 Å². The largest absolute Gasteiger partial charge is 0.376 e. The Labute approximate surface area is 216 Å². The fourth-order valence-corrected chi connectivity index (χ4v) is 6.26. The fraction of sp³-hybridized carbons (Fsp3) is 0.367. The van der Waals surface area contributed by atoms with Crippen molar-refractivity contribution in [2.45, 2.75) is 43.7 Å². The molecule has 2 saturated heterocycles. The lowest BCUT2D eigenvalue weighted by atomic mass is 9.82. The highest BCUT2D eigenvalue weighted by atomic mass is 16.5. The van der Waals surface area contributed by atoms with Crippen LogP contribution in [0.2, 0.25) is 0 Å². The maximum absolute atomic E-state index is 13.5. The van der Waals surface area contributed by atoms with Crippen LogP contribution in [0.3, 0.4) is 0 Å². The van der Waals surface area contributed by atoms with Gasteiger partial charge in [0.05, 0.1) is 41.7 Å². The van der Waals surface area contributed by atoms with Crippen molar-refractivity contribution in [1.29, 1.82) is 0 Å². The van der Waals surface area contributed by atoms with E-state index in [1.165, 1.54) is 24.9 Å². The summed E-state index contributed by atoms with van der Waals surface area (Å²) in [6.07, 6.45) is 7.66. The van der Waals surface area contributed by atoms with E-state index < -0.39 is 0 Å². The average Bonchev–Trinajstić information content (AvgIpc) is 3.57. The van der Waals surface area contributed by atoms with Gasteiger partial charge in [-0.1, -0.05) is 31.0 Å². The highest BCUT2D eigenvalue weighted by Crippen LogP contribution is 2.41. The summed E-state index contributed by atoms with van der Waals surface area (Å²) in [7, 11) is 0. The summed E-state index contributed by atoms with van der Waals surface area (Å²) in [4.78, 5) is 20.5. The van der Waals surface area contributed by atoms with Crippen LogP contribution < -0.4 is 10.2 Å². The molecule has 3 aliphatic rings. The first kappa shape index (κ1) is 22.5. The molecule has 4 aromatic rings. The van der Waals surface area contributed by atoms with Gasteiger partial charge in [-0.3, -0.25) is 14.9 Å². The van der Waals surface area contributed by atoms with Crippen LogP contribution in [0.15, 0.2) is 66.9 Å². The Morgan fingerprint density at radius 1 is 1.08 bits per heavy atom. The summed E-state index contributed by atoms with van der Waals surface area (Å²) in [5.74, 6) is 0.348. The molecule has 2 aliphatic heterocycles. The van der Waals surface area contributed by atoms with Gasteiger partial charge in [-0.05, 0) is 67.6 Å². The first-order valence-corrected chi connectivity index (χ1v) is 13.4. The maximum atomic E-state index is 13.5. The number of rotatable bonds is 6. The summed E-state index contributed by atoms with van der Waals surface area (Å²) in [5.41, 5.74) is 5.83. The monoisotopic (exact) mass is 493 g/mol. The number of aromatic amines is 1. The molecule has 188 valence electrons. The number of hydrogen-bond acceptors (Lipinski definition) is 5. The second-order valence-corrected chi connectivity index (χ2v) is 10.7. The van der Waals surface area contributed by atoms with Gasteiger partial charge in [0.1, 0.15) is 0 Å². The fourth-order valence-electron chi connectivity index (χ4n) is 6.26. The summed E-state index contributed by atoms with van der Waals surface area (Å²) in [6, 6.07) is 20.2. The molecule has 2 aromatic heterocycles. The predicted molar refractivity (Wildman–Crippen MR) is 143 cm³/mol. The quantitative estimate of drug-likeness (QED) is 0.383. The van der Waals surface area contributed by atoms with Crippen molar-refractivity contribution >= 4 is 22.5 Å². The number of aromatic nitrogens is 3. The third-order valence-electron chi connectivity index (χ3n) is 8.56. The third kappa shape index (κ3) is 3.89. The lowest BCUT2D eigenvalue weighted by molar-refractivity contribution is -0.0847. The molecule has 1 aliphatic carbocycles. The molecule has 4 heterocycles. The molecule has 1 saturated carbocycles. The van der Waals surface area contributed by atoms with E-state index in [1.54, 1.807) is 6.20 Å². The van der Waals surface area contributed by atoms with E-state index in [-0.39, 0.29) is 17.5 Å². The number of H-pyrrole nitrogens is 1. The zero-order valence-electron chi connectivity index (χ0n) is 20.8. The van der Waals surface area contributed by atoms with Crippen LogP contribution in [0.1, 0.15) is 54.2 Å². The minimum atomic E-state index is -0.0749. The van der Waals surface area contributed by atoms with E-state index in [2.05, 4.69) is 49.7 Å². The lowest BCUT2D eigenvalue weighted by Crippen LogP contribution is -2.71. The van der Waals surface area contributed by atoms with Crippen molar-refractivity contribution in [2.24, 2.45) is 5.92 Å². The van der Waals surface area contributed by atoms with Gasteiger partial charge in [0.2, 0.25) is 0 Å². The highest BCUT2D eigenvalue weighted by molar-refractivity contribution is 6.01. The van der Waals surface area contributed by atoms with E-state index in [4.69, 9.17) is 4.74 Å². The molecule has 7 nitrogen and oxygen atoms in total. The molecular weight excluding hydrogens is 462 g/mol. The average molecular weight is 494 g/mol. The standard InChI is InChI=1S/C30H31N5O2/c36-29(32-28(20-5-1-2-6-20)26-7-3-4-15-31-26)22-10-13-25-24(17-22)27(34-33-25)21-8-11-23(12-9-21)35-16-14-30(35)18-37-19-30/h3-4,7-13,15,17,20,28H,1-2,5-6,14,16,18-19H2,(H,32,36)(H,33,34)/t28-/m0/s1. The van der Waals surface area contributed by atoms with E-state index >= 15 is 0 Å². The van der Waals surface area contributed by atoms with Crippen molar-refractivity contribution < 1.29 is 9.53 Å². The second-order valence-electron chi connectivity index (χ2n) is 10.7. The molecule has 0 bridgehead atoms. The smallest absolute Gasteiger partial charge is 0.251 e. The van der Waals surface area contributed by atoms with Crippen molar-refractivity contribution in [3.8, 4) is 11.3 Å². The molecule has 7 rings (SSSR count). The Bertz CT molecular complexity index is 1420. The number of fused-ring (bicyclic) bond motifs is 1. The van der Waals surface area contributed by atoms with Crippen LogP contribution >= 0.6 is 0 Å². The summed E-state index contributed by atoms with van der Waals surface area (Å²) < 4.78 is 5.48. The first-order valence-electron chi connectivity index (χ1n) is 13.4. The van der Waals surface area contributed by atoms with E-state index in [1.807, 2.05) is 36.4 Å². The maximum Gasteiger partial charge on any atom is 0.251 e. The van der Waals surface area contributed by atoms with Gasteiger partial charge >= 0.3 is 0 Å². The van der Waals surface area contributed by atoms with Gasteiger partial charge in [0, 0.05) is 34.9 Å². The Morgan fingerprint density at radius 3 is 2.59 bits per heavy atom. The van der Waals surface area contributed by atoms with Crippen LogP contribution in [-0.2, 0) is 4.74 Å². The van der Waals surface area contributed by atoms with Gasteiger partial charge < -0.3 is 15.0 Å². The van der Waals surface area contributed by atoms with E-state index in [0.29, 0.717) is 11.5 Å². The summed E-state index contributed by atoms with van der Waals surface area (Å²) >= 11 is 0. The number of carbonyl (C=O) groups is 1. The molecule has 2 aromatic carbocycles. The molecule has 2 N–H and O–H groups in total. The minimum Gasteiger partial charge on any atom is -0.376 e. The third-order valence-corrected chi connectivity index (χ3v) is 8.56. The van der Waals surface area contributed by atoms with E-state index in [0.717, 1.165) is 60.5 Å². The number of amides is 1. The molecule has 7 heteroatoms. The van der Waals surface area contributed by atoms with Crippen molar-refractivity contribution in [1.82, 2.24) is 20.5 Å². The number of anilines is 1. The zero-order chi connectivity index (χ0) is 24.8. The van der Waals surface area contributed by atoms with Crippen molar-refractivity contribution in [2.75, 3.05) is 24.7 Å². The molecule has 0 unspecified atom stereocenters. The normalized spacial score (nSPS) is 19.5. The molecular formula is C30H31N5O2. The predicted octanol–water partition coefficient (Wildman–Crippen LogP) is 5.27. The van der Waals surface area contributed by atoms with Crippen LogP contribution in [0.4, 0.5) is 5.69 Å². The highest BCUT2D eigenvalue weighted by Gasteiger charge is 2.50. The summed E-state index contributed by atoms with van der Waals surface area (Å²) in [6.45, 7) is 2.73. The van der Waals surface area contributed by atoms with Crippen LogP contribution in [-0.4, -0.2) is 46.4 Å². The number of ether oxygens (including phenoxy) is 1. The molecule has 1 amide bonds. The summed E-state index contributed by atoms with van der Waals surface area (Å²) in [5, 5.41) is 12.0. The van der Waals surface area contributed by atoms with Gasteiger partial charge in [-0.15, -0.1) is 0 Å². The topological polar surface area (TPSA) is 83.1 Å². The zero-order valence-corrected chi connectivity index (χ0v) is 20.8. The van der Waals surface area contributed by atoms with Crippen LogP contribution in [0.25, 0.3) is 22.2 Å². The van der Waals surface area contributed by atoms with E-state index in [9.17, 15) is 4.79 Å². The molecule has 1 spiro atoms. The number of pyridine rings is 1. The Balaban J connectivity index is 1.15. The lowest BCUT2D eigenvalue weighted by Gasteiger charge is -2.58. The molecule has 1 atom stereocenters. The molecule has 0 radical (unpaired) electrons. The van der Waals surface area contributed by atoms with Gasteiger partial charge in [0.15, 0.2) is 0 Å². The Morgan fingerprint density at radius 2 is 1.92 bits per heavy atom. The number of nitrogens with zero attached hydrogens (tertiary/aromatic N) is 3. The SMILES string of the molecule is O=C(N[C@H](c1ccccn1)C1CCCC1)c1ccc2[nH]nc(-c3ccc(N4CCC45COC5)cc3)c2c1. The van der Waals surface area contributed by atoms with Gasteiger partial charge in [-0.25, -0.2) is 0 Å². The van der Waals surface area contributed by atoms with Crippen molar-refractivity contribution in [3.63, 3.8) is 0 Å². The van der Waals surface area contributed by atoms with Gasteiger partial charge in [-0.2, -0.15) is 5.10 Å². The minimum absolute atomic E-state index is 0.0715. The number of nitrogens with one attached hydrogen (secondary N) is 2. The van der Waals surface area contributed by atoms with Crippen LogP contribution in [0.5, 0.6) is 0 Å². The Hall–Kier alpha value is -3.71. The number of hydrogen-bond donors (Lipinski definition) is 2. The first-order chi connectivity index (χ1) is 18.2. The van der Waals surface area contributed by atoms with Crippen LogP contribution in [0, 0.1) is 5.92 Å². The Kier molecular flexibility index (Phi) is 5.47. The van der Waals surface area contributed by atoms with Crippen molar-refractivity contribution in [3.05, 3.63) is 78.1 Å².